The van der Waals surface area contributed by atoms with E-state index in [2.05, 4.69) is 111 Å². The molecule has 1 aromatic carbocycles. The molecule has 0 aliphatic heterocycles. The number of rotatable bonds is 10. The molecule has 0 atom stereocenters. The molecule has 0 fully saturated rings. The van der Waals surface area contributed by atoms with Crippen LogP contribution in [0.15, 0.2) is 41.1 Å². The minimum atomic E-state index is -1.81. The van der Waals surface area contributed by atoms with Crippen LogP contribution in [-0.2, 0) is 11.3 Å². The van der Waals surface area contributed by atoms with Gasteiger partial charge in [0.2, 0.25) is 0 Å². The van der Waals surface area contributed by atoms with E-state index in [1.54, 1.807) is 6.20 Å². The van der Waals surface area contributed by atoms with Crippen LogP contribution < -0.4 is 0 Å². The lowest BCUT2D eigenvalue weighted by Gasteiger charge is -2.38. The van der Waals surface area contributed by atoms with Crippen LogP contribution in [0.3, 0.4) is 0 Å². The van der Waals surface area contributed by atoms with Gasteiger partial charge in [-0.05, 0) is 74.9 Å². The second-order valence-electron chi connectivity index (χ2n) is 10.3. The van der Waals surface area contributed by atoms with E-state index in [0.717, 1.165) is 39.9 Å². The molecule has 0 aliphatic rings. The minimum Gasteiger partial charge on any atom is -0.377 e. The van der Waals surface area contributed by atoms with Crippen molar-refractivity contribution in [1.82, 2.24) is 4.98 Å². The number of hydrogen-bond acceptors (Lipinski definition) is 2. The average molecular weight is 553 g/mol. The molecule has 188 valence electrons. The van der Waals surface area contributed by atoms with Gasteiger partial charge in [-0.15, -0.1) is 5.54 Å². The van der Waals surface area contributed by atoms with Crippen molar-refractivity contribution in [3.8, 4) is 23.3 Å². The van der Waals surface area contributed by atoms with Gasteiger partial charge >= 0.3 is 0 Å². The third-order valence-electron chi connectivity index (χ3n) is 6.77. The van der Waals surface area contributed by atoms with Crippen LogP contribution in [0, 0.1) is 23.3 Å². The minimum absolute atomic E-state index is 0.595. The Morgan fingerprint density at radius 3 is 2.03 bits per heavy atom. The standard InChI is InChI=1S/C31H42BrNOSi/c1-8-9-10-11-17-34-23-30-20-28(13-12-27-14-15-31(32)33-22-27)19-29(21-30)16-18-35(24(2)3,25(4)5)26(6)7/h14-15,19-22,24-26H,8-11,17,23H2,1-7H3. The smallest absolute Gasteiger partial charge is 0.146 e. The summed E-state index contributed by atoms with van der Waals surface area (Å²) in [5, 5.41) is 0. The second-order valence-corrected chi connectivity index (χ2v) is 16.7. The molecule has 0 N–H and O–H groups in total. The molecule has 2 aromatic rings. The third-order valence-corrected chi connectivity index (χ3v) is 13.5. The quantitative estimate of drug-likeness (QED) is 0.127. The highest BCUT2D eigenvalue weighted by Gasteiger charge is 2.41. The first kappa shape index (κ1) is 29.4. The first-order valence-electron chi connectivity index (χ1n) is 13.1. The highest BCUT2D eigenvalue weighted by atomic mass is 79.9. The van der Waals surface area contributed by atoms with Crippen molar-refractivity contribution in [3.63, 3.8) is 0 Å². The molecule has 2 nitrogen and oxygen atoms in total. The van der Waals surface area contributed by atoms with Crippen LogP contribution in [-0.4, -0.2) is 19.7 Å². The fraction of sp³-hybridized carbons (Fsp3) is 0.516. The Labute approximate surface area is 223 Å². The summed E-state index contributed by atoms with van der Waals surface area (Å²) in [6.45, 7) is 17.7. The molecule has 1 heterocycles. The van der Waals surface area contributed by atoms with E-state index in [1.165, 1.54) is 19.3 Å². The van der Waals surface area contributed by atoms with Crippen LogP contribution in [0.2, 0.25) is 16.6 Å². The monoisotopic (exact) mass is 551 g/mol. The lowest BCUT2D eigenvalue weighted by Crippen LogP contribution is -2.43. The molecule has 0 radical (unpaired) electrons. The predicted molar refractivity (Wildman–Crippen MR) is 156 cm³/mol. The van der Waals surface area contributed by atoms with Crippen molar-refractivity contribution in [3.05, 3.63) is 63.4 Å². The van der Waals surface area contributed by atoms with Crippen molar-refractivity contribution in [2.45, 2.75) is 97.4 Å². The van der Waals surface area contributed by atoms with Crippen LogP contribution >= 0.6 is 15.9 Å². The van der Waals surface area contributed by atoms with E-state index < -0.39 is 8.07 Å². The summed E-state index contributed by atoms with van der Waals surface area (Å²) >= 11 is 3.38. The Balaban J connectivity index is 2.38. The molecule has 1 aromatic heterocycles. The Bertz CT molecular complexity index is 1030. The zero-order chi connectivity index (χ0) is 25.8. The largest absolute Gasteiger partial charge is 0.377 e. The first-order chi connectivity index (χ1) is 16.7. The van der Waals surface area contributed by atoms with Crippen LogP contribution in [0.5, 0.6) is 0 Å². The SMILES string of the molecule is CCCCCCOCc1cc(C#Cc2ccc(Br)nc2)cc(C#C[Si](C(C)C)(C(C)C)C(C)C)c1. The lowest BCUT2D eigenvalue weighted by molar-refractivity contribution is 0.117. The first-order valence-corrected chi connectivity index (χ1v) is 16.1. The molecule has 0 bridgehead atoms. The highest BCUT2D eigenvalue weighted by Crippen LogP contribution is 2.40. The van der Waals surface area contributed by atoms with E-state index in [1.807, 2.05) is 12.1 Å². The molecule has 0 aliphatic carbocycles. The number of nitrogens with zero attached hydrogens (tertiary/aromatic N) is 1. The lowest BCUT2D eigenvalue weighted by atomic mass is 10.1. The van der Waals surface area contributed by atoms with Gasteiger partial charge in [-0.2, -0.15) is 0 Å². The van der Waals surface area contributed by atoms with E-state index in [4.69, 9.17) is 4.74 Å². The number of halogens is 1. The zero-order valence-electron chi connectivity index (χ0n) is 22.7. The molecule has 0 unspecified atom stereocenters. The van der Waals surface area contributed by atoms with Gasteiger partial charge in [0.1, 0.15) is 12.7 Å². The van der Waals surface area contributed by atoms with Gasteiger partial charge < -0.3 is 4.74 Å². The van der Waals surface area contributed by atoms with Crippen LogP contribution in [0.25, 0.3) is 0 Å². The number of benzene rings is 1. The number of unbranched alkanes of at least 4 members (excludes halogenated alkanes) is 3. The zero-order valence-corrected chi connectivity index (χ0v) is 25.3. The molecule has 2 rings (SSSR count). The second kappa shape index (κ2) is 14.6. The van der Waals surface area contributed by atoms with Gasteiger partial charge in [-0.1, -0.05) is 85.5 Å². The van der Waals surface area contributed by atoms with Crippen LogP contribution in [0.1, 0.15) is 96.4 Å². The predicted octanol–water partition coefficient (Wildman–Crippen LogP) is 8.91. The molecule has 0 amide bonds. The van der Waals surface area contributed by atoms with Gasteiger partial charge in [-0.25, -0.2) is 4.98 Å². The number of aromatic nitrogens is 1. The van der Waals surface area contributed by atoms with Gasteiger partial charge in [0.15, 0.2) is 0 Å². The number of ether oxygens (including phenoxy) is 1. The summed E-state index contributed by atoms with van der Waals surface area (Å²) < 4.78 is 6.82. The summed E-state index contributed by atoms with van der Waals surface area (Å²) in [5.41, 5.74) is 9.71. The van der Waals surface area contributed by atoms with Crippen molar-refractivity contribution >= 4 is 24.0 Å². The van der Waals surface area contributed by atoms with Crippen molar-refractivity contribution < 1.29 is 4.74 Å². The summed E-state index contributed by atoms with van der Waals surface area (Å²) in [6.07, 6.45) is 6.64. The van der Waals surface area contributed by atoms with E-state index in [9.17, 15) is 0 Å². The topological polar surface area (TPSA) is 22.1 Å². The molecule has 0 saturated heterocycles. The van der Waals surface area contributed by atoms with Crippen molar-refractivity contribution in [2.24, 2.45) is 0 Å². The van der Waals surface area contributed by atoms with Crippen molar-refractivity contribution in [2.75, 3.05) is 6.61 Å². The average Bonchev–Trinajstić information content (AvgIpc) is 2.80. The summed E-state index contributed by atoms with van der Waals surface area (Å²) in [6, 6.07) is 10.3. The summed E-state index contributed by atoms with van der Waals surface area (Å²) in [4.78, 5) is 4.28. The molecule has 35 heavy (non-hydrogen) atoms. The Morgan fingerprint density at radius 2 is 1.46 bits per heavy atom. The number of pyridine rings is 1. The van der Waals surface area contributed by atoms with Gasteiger partial charge in [0.25, 0.3) is 0 Å². The van der Waals surface area contributed by atoms with Crippen molar-refractivity contribution in [1.29, 1.82) is 0 Å². The normalized spacial score (nSPS) is 11.4. The molecule has 0 spiro atoms. The molecular weight excluding hydrogens is 510 g/mol. The molecule has 4 heteroatoms. The van der Waals surface area contributed by atoms with Gasteiger partial charge in [-0.3, -0.25) is 0 Å². The maximum atomic E-state index is 6.01. The van der Waals surface area contributed by atoms with E-state index in [0.29, 0.717) is 23.2 Å². The van der Waals surface area contributed by atoms with Gasteiger partial charge in [0.05, 0.1) is 6.61 Å². The Kier molecular flexibility index (Phi) is 12.3. The fourth-order valence-electron chi connectivity index (χ4n) is 4.95. The fourth-order valence-corrected chi connectivity index (χ4v) is 10.4. The van der Waals surface area contributed by atoms with E-state index in [-0.39, 0.29) is 0 Å². The van der Waals surface area contributed by atoms with E-state index >= 15 is 0 Å². The maximum Gasteiger partial charge on any atom is 0.146 e. The third kappa shape index (κ3) is 8.95. The summed E-state index contributed by atoms with van der Waals surface area (Å²) in [5.74, 6) is 10.2. The maximum absolute atomic E-state index is 6.01. The Morgan fingerprint density at radius 1 is 0.829 bits per heavy atom. The Hall–Kier alpha value is -1.85. The summed E-state index contributed by atoms with van der Waals surface area (Å²) in [7, 11) is -1.81. The van der Waals surface area contributed by atoms with Gasteiger partial charge in [0, 0.05) is 29.5 Å². The highest BCUT2D eigenvalue weighted by molar-refractivity contribution is 9.10. The number of hydrogen-bond donors (Lipinski definition) is 0. The van der Waals surface area contributed by atoms with Crippen LogP contribution in [0.4, 0.5) is 0 Å². The molecular formula is C31H42BrNOSi. The molecule has 0 saturated carbocycles.